The number of carbonyl (C=O) groups excluding carboxylic acids is 1. The van der Waals surface area contributed by atoms with E-state index in [4.69, 9.17) is 10.5 Å². The Labute approximate surface area is 99.4 Å². The van der Waals surface area contributed by atoms with Gasteiger partial charge < -0.3 is 20.4 Å². The van der Waals surface area contributed by atoms with Crippen LogP contribution in [0.5, 0.6) is 0 Å². The van der Waals surface area contributed by atoms with Crippen molar-refractivity contribution in [3.05, 3.63) is 34.2 Å². The number of hydrogen-bond donors (Lipinski definition) is 2. The lowest BCUT2D eigenvalue weighted by molar-refractivity contribution is 0.0764. The minimum atomic E-state index is -0.301. The first-order valence-electron chi connectivity index (χ1n) is 5.23. The van der Waals surface area contributed by atoms with E-state index in [1.165, 1.54) is 17.2 Å². The van der Waals surface area contributed by atoms with Crippen LogP contribution in [-0.2, 0) is 4.74 Å². The van der Waals surface area contributed by atoms with Crippen molar-refractivity contribution < 1.29 is 9.53 Å². The Morgan fingerprint density at radius 2 is 2.35 bits per heavy atom. The Morgan fingerprint density at radius 1 is 1.65 bits per heavy atom. The van der Waals surface area contributed by atoms with Crippen molar-refractivity contribution in [1.29, 1.82) is 0 Å². The van der Waals surface area contributed by atoms with E-state index in [1.807, 2.05) is 0 Å². The minimum absolute atomic E-state index is 0.234. The third kappa shape index (κ3) is 4.01. The van der Waals surface area contributed by atoms with E-state index in [0.29, 0.717) is 18.7 Å². The molecule has 1 unspecified atom stereocenters. The first kappa shape index (κ1) is 13.4. The molecule has 0 saturated carbocycles. The fourth-order valence-electron chi connectivity index (χ4n) is 1.50. The molecule has 17 heavy (non-hydrogen) atoms. The molecular weight excluding hydrogens is 222 g/mol. The van der Waals surface area contributed by atoms with Gasteiger partial charge in [0.2, 0.25) is 5.56 Å². The van der Waals surface area contributed by atoms with Crippen molar-refractivity contribution >= 4 is 5.91 Å². The number of pyridine rings is 1. The number of amides is 1. The van der Waals surface area contributed by atoms with Crippen LogP contribution < -0.4 is 11.3 Å². The highest BCUT2D eigenvalue weighted by molar-refractivity contribution is 5.93. The zero-order valence-electron chi connectivity index (χ0n) is 9.97. The van der Waals surface area contributed by atoms with Gasteiger partial charge in [-0.1, -0.05) is 0 Å². The molecule has 1 rings (SSSR count). The number of nitrogens with one attached hydrogen (secondary N) is 1. The average molecular weight is 239 g/mol. The number of carbonyl (C=O) groups is 1. The Kier molecular flexibility index (Phi) is 4.86. The lowest BCUT2D eigenvalue weighted by atomic mass is 10.2. The summed E-state index contributed by atoms with van der Waals surface area (Å²) in [6.45, 7) is 0.756. The second-order valence-corrected chi connectivity index (χ2v) is 3.84. The quantitative estimate of drug-likeness (QED) is 0.719. The van der Waals surface area contributed by atoms with Crippen molar-refractivity contribution in [3.63, 3.8) is 0 Å². The molecule has 0 aliphatic heterocycles. The van der Waals surface area contributed by atoms with Crippen LogP contribution in [0.2, 0.25) is 0 Å². The smallest absolute Gasteiger partial charge is 0.253 e. The average Bonchev–Trinajstić information content (AvgIpc) is 2.28. The van der Waals surface area contributed by atoms with Gasteiger partial charge in [-0.25, -0.2) is 0 Å². The molecule has 0 spiro atoms. The molecule has 0 aliphatic carbocycles. The Morgan fingerprint density at radius 3 is 2.94 bits per heavy atom. The number of aromatic amines is 1. The number of nitrogens with zero attached hydrogens (tertiary/aromatic N) is 1. The number of nitrogens with two attached hydrogens (primary N) is 1. The normalized spacial score (nSPS) is 12.2. The largest absolute Gasteiger partial charge is 0.383 e. The zero-order chi connectivity index (χ0) is 12.8. The standard InChI is InChI=1S/C11H17N3O3/c1-14(6-9(12)7-17-2)11(16)8-3-4-13-10(15)5-8/h3-5,9H,6-7,12H2,1-2H3,(H,13,15). The van der Waals surface area contributed by atoms with Gasteiger partial charge in [0, 0.05) is 44.6 Å². The van der Waals surface area contributed by atoms with E-state index < -0.39 is 0 Å². The van der Waals surface area contributed by atoms with Crippen molar-refractivity contribution in [1.82, 2.24) is 9.88 Å². The molecule has 1 aromatic heterocycles. The van der Waals surface area contributed by atoms with Gasteiger partial charge >= 0.3 is 0 Å². The predicted molar refractivity (Wildman–Crippen MR) is 63.9 cm³/mol. The van der Waals surface area contributed by atoms with Gasteiger partial charge in [0.05, 0.1) is 6.61 Å². The summed E-state index contributed by atoms with van der Waals surface area (Å²) in [6, 6.07) is 2.58. The van der Waals surface area contributed by atoms with Crippen LogP contribution in [0, 0.1) is 0 Å². The number of H-pyrrole nitrogens is 1. The van der Waals surface area contributed by atoms with Crippen molar-refractivity contribution in [2.24, 2.45) is 5.73 Å². The zero-order valence-corrected chi connectivity index (χ0v) is 9.97. The van der Waals surface area contributed by atoms with Crippen molar-refractivity contribution in [2.45, 2.75) is 6.04 Å². The second-order valence-electron chi connectivity index (χ2n) is 3.84. The van der Waals surface area contributed by atoms with E-state index in [1.54, 1.807) is 20.2 Å². The molecule has 1 aromatic rings. The van der Waals surface area contributed by atoms with Crippen LogP contribution in [0.4, 0.5) is 0 Å². The molecule has 1 atom stereocenters. The molecule has 0 aromatic carbocycles. The SMILES string of the molecule is COCC(N)CN(C)C(=O)c1cc[nH]c(=O)c1. The molecule has 1 amide bonds. The number of rotatable bonds is 5. The number of ether oxygens (including phenoxy) is 1. The van der Waals surface area contributed by atoms with Crippen LogP contribution in [-0.4, -0.2) is 49.1 Å². The molecule has 0 bridgehead atoms. The van der Waals surface area contributed by atoms with Gasteiger partial charge in [-0.3, -0.25) is 9.59 Å². The monoisotopic (exact) mass is 239 g/mol. The van der Waals surface area contributed by atoms with E-state index in [0.717, 1.165) is 0 Å². The summed E-state index contributed by atoms with van der Waals surface area (Å²) in [6.07, 6.45) is 1.44. The van der Waals surface area contributed by atoms with Crippen LogP contribution in [0.25, 0.3) is 0 Å². The molecule has 6 nitrogen and oxygen atoms in total. The first-order chi connectivity index (χ1) is 8.04. The third-order valence-electron chi connectivity index (χ3n) is 2.26. The van der Waals surface area contributed by atoms with E-state index >= 15 is 0 Å². The summed E-state index contributed by atoms with van der Waals surface area (Å²) in [7, 11) is 3.19. The Hall–Kier alpha value is -1.66. The molecule has 94 valence electrons. The molecule has 0 saturated heterocycles. The van der Waals surface area contributed by atoms with Crippen molar-refractivity contribution in [3.8, 4) is 0 Å². The van der Waals surface area contributed by atoms with E-state index in [-0.39, 0.29) is 17.5 Å². The maximum Gasteiger partial charge on any atom is 0.253 e. The fraction of sp³-hybridized carbons (Fsp3) is 0.455. The fourth-order valence-corrected chi connectivity index (χ4v) is 1.50. The lowest BCUT2D eigenvalue weighted by Crippen LogP contribution is -2.41. The number of methoxy groups -OCH3 is 1. The highest BCUT2D eigenvalue weighted by Crippen LogP contribution is 2.00. The topological polar surface area (TPSA) is 88.4 Å². The van der Waals surface area contributed by atoms with Gasteiger partial charge in [-0.05, 0) is 6.07 Å². The highest BCUT2D eigenvalue weighted by Gasteiger charge is 2.14. The van der Waals surface area contributed by atoms with Crippen LogP contribution in [0.1, 0.15) is 10.4 Å². The highest BCUT2D eigenvalue weighted by atomic mass is 16.5. The Balaban J connectivity index is 2.67. The molecule has 1 heterocycles. The van der Waals surface area contributed by atoms with Crippen LogP contribution in [0.3, 0.4) is 0 Å². The molecule has 3 N–H and O–H groups in total. The summed E-state index contributed by atoms with van der Waals surface area (Å²) >= 11 is 0. The summed E-state index contributed by atoms with van der Waals surface area (Å²) in [5, 5.41) is 0. The molecule has 0 aliphatic rings. The van der Waals surface area contributed by atoms with E-state index in [2.05, 4.69) is 4.98 Å². The maximum atomic E-state index is 11.9. The molecular formula is C11H17N3O3. The van der Waals surface area contributed by atoms with Gasteiger partial charge in [0.15, 0.2) is 0 Å². The number of aromatic nitrogens is 1. The van der Waals surface area contributed by atoms with Gasteiger partial charge in [0.1, 0.15) is 0 Å². The second kappa shape index (κ2) is 6.17. The van der Waals surface area contributed by atoms with E-state index in [9.17, 15) is 9.59 Å². The summed E-state index contributed by atoms with van der Waals surface area (Å²) in [5.41, 5.74) is 5.79. The predicted octanol–water partition coefficient (Wildman–Crippen LogP) is -0.579. The lowest BCUT2D eigenvalue weighted by Gasteiger charge is -2.21. The first-order valence-corrected chi connectivity index (χ1v) is 5.23. The van der Waals surface area contributed by atoms with Gasteiger partial charge in [-0.15, -0.1) is 0 Å². The van der Waals surface area contributed by atoms with Crippen molar-refractivity contribution in [2.75, 3.05) is 27.3 Å². The molecule has 0 radical (unpaired) electrons. The molecule has 0 fully saturated rings. The minimum Gasteiger partial charge on any atom is -0.383 e. The third-order valence-corrected chi connectivity index (χ3v) is 2.26. The summed E-state index contributed by atoms with van der Waals surface area (Å²) in [4.78, 5) is 26.9. The summed E-state index contributed by atoms with van der Waals surface area (Å²) in [5.74, 6) is -0.234. The molecule has 6 heteroatoms. The van der Waals surface area contributed by atoms with Crippen LogP contribution >= 0.6 is 0 Å². The summed E-state index contributed by atoms with van der Waals surface area (Å²) < 4.78 is 4.89. The van der Waals surface area contributed by atoms with Crippen LogP contribution in [0.15, 0.2) is 23.1 Å². The number of likely N-dealkylation sites (N-methyl/N-ethyl adjacent to an activating group) is 1. The van der Waals surface area contributed by atoms with Gasteiger partial charge in [0.25, 0.3) is 5.91 Å². The maximum absolute atomic E-state index is 11.9. The Bertz CT molecular complexity index is 430. The number of hydrogen-bond acceptors (Lipinski definition) is 4. The van der Waals surface area contributed by atoms with Gasteiger partial charge in [-0.2, -0.15) is 0 Å².